The summed E-state index contributed by atoms with van der Waals surface area (Å²) in [5, 5.41) is 9.83. The molecule has 1 fully saturated rings. The van der Waals surface area contributed by atoms with Crippen molar-refractivity contribution in [2.24, 2.45) is 0 Å². The Morgan fingerprint density at radius 2 is 1.95 bits per heavy atom. The topological polar surface area (TPSA) is 49.8 Å². The largest absolute Gasteiger partial charge is 0.481 e. The summed E-state index contributed by atoms with van der Waals surface area (Å²) in [5.41, 5.74) is 0.683. The number of aliphatic hydroxyl groups excluding tert-OH is 1. The molecule has 1 amide bonds. The normalized spacial score (nSPS) is 18.2. The van der Waals surface area contributed by atoms with Crippen LogP contribution in [0, 0.1) is 0 Å². The molecule has 2 rings (SSSR count). The van der Waals surface area contributed by atoms with Crippen LogP contribution < -0.4 is 4.74 Å². The third-order valence-electron chi connectivity index (χ3n) is 3.74. The van der Waals surface area contributed by atoms with Crippen molar-refractivity contribution in [2.45, 2.75) is 45.3 Å². The van der Waals surface area contributed by atoms with E-state index in [1.165, 1.54) is 6.42 Å². The summed E-state index contributed by atoms with van der Waals surface area (Å²) in [7, 11) is 0. The van der Waals surface area contributed by atoms with Gasteiger partial charge in [-0.15, -0.1) is 0 Å². The van der Waals surface area contributed by atoms with Gasteiger partial charge in [-0.25, -0.2) is 0 Å². The van der Waals surface area contributed by atoms with Crippen LogP contribution >= 0.6 is 15.9 Å². The van der Waals surface area contributed by atoms with Crippen molar-refractivity contribution in [2.75, 3.05) is 13.1 Å². The molecule has 1 aromatic carbocycles. The number of aliphatic hydroxyl groups is 1. The van der Waals surface area contributed by atoms with Gasteiger partial charge in [-0.1, -0.05) is 15.9 Å². The molecule has 1 aromatic rings. The molecular formula is C16H22BrNO3. The second kappa shape index (κ2) is 7.27. The molecule has 1 aliphatic rings. The maximum atomic E-state index is 12.4. The van der Waals surface area contributed by atoms with Crippen molar-refractivity contribution in [3.8, 4) is 5.75 Å². The number of piperidine rings is 1. The Labute approximate surface area is 134 Å². The molecule has 0 aliphatic carbocycles. The maximum absolute atomic E-state index is 12.4. The monoisotopic (exact) mass is 355 g/mol. The fourth-order valence-corrected chi connectivity index (χ4v) is 2.94. The molecule has 0 aromatic heterocycles. The number of rotatable bonds is 4. The number of hydrogen-bond acceptors (Lipinski definition) is 3. The van der Waals surface area contributed by atoms with Gasteiger partial charge in [0.15, 0.2) is 6.10 Å². The highest BCUT2D eigenvalue weighted by Gasteiger charge is 2.24. The van der Waals surface area contributed by atoms with Crippen molar-refractivity contribution in [1.29, 1.82) is 0 Å². The first-order valence-corrected chi connectivity index (χ1v) is 8.21. The number of carbonyl (C=O) groups excluding carboxylic acids is 1. The SMILES string of the molecule is CC(Oc1ccc(Br)cc1[C@@H](C)O)C(=O)N1CCCCC1. The van der Waals surface area contributed by atoms with Gasteiger partial charge in [0.2, 0.25) is 0 Å². The van der Waals surface area contributed by atoms with E-state index >= 15 is 0 Å². The van der Waals surface area contributed by atoms with Gasteiger partial charge in [0.1, 0.15) is 5.75 Å². The molecule has 0 bridgehead atoms. The van der Waals surface area contributed by atoms with E-state index in [0.29, 0.717) is 11.3 Å². The quantitative estimate of drug-likeness (QED) is 0.901. The molecule has 0 saturated carbocycles. The predicted molar refractivity (Wildman–Crippen MR) is 85.3 cm³/mol. The Hall–Kier alpha value is -1.07. The Morgan fingerprint density at radius 3 is 2.57 bits per heavy atom. The van der Waals surface area contributed by atoms with Crippen molar-refractivity contribution in [3.05, 3.63) is 28.2 Å². The Balaban J connectivity index is 2.08. The Bertz CT molecular complexity index is 498. The van der Waals surface area contributed by atoms with E-state index in [-0.39, 0.29) is 5.91 Å². The van der Waals surface area contributed by atoms with E-state index in [2.05, 4.69) is 15.9 Å². The van der Waals surface area contributed by atoms with E-state index in [4.69, 9.17) is 4.74 Å². The van der Waals surface area contributed by atoms with E-state index in [9.17, 15) is 9.90 Å². The van der Waals surface area contributed by atoms with Crippen molar-refractivity contribution in [1.82, 2.24) is 4.90 Å². The number of ether oxygens (including phenoxy) is 1. The molecule has 1 unspecified atom stereocenters. The summed E-state index contributed by atoms with van der Waals surface area (Å²) in [6.07, 6.45) is 2.14. The van der Waals surface area contributed by atoms with Crippen LogP contribution in [0.2, 0.25) is 0 Å². The molecule has 1 aliphatic heterocycles. The highest BCUT2D eigenvalue weighted by Crippen LogP contribution is 2.29. The molecular weight excluding hydrogens is 334 g/mol. The first-order chi connectivity index (χ1) is 9.99. The van der Waals surface area contributed by atoms with Crippen LogP contribution in [-0.4, -0.2) is 35.1 Å². The van der Waals surface area contributed by atoms with Crippen LogP contribution in [0.5, 0.6) is 5.75 Å². The average molecular weight is 356 g/mol. The van der Waals surface area contributed by atoms with Gasteiger partial charge in [-0.3, -0.25) is 4.79 Å². The number of likely N-dealkylation sites (tertiary alicyclic amines) is 1. The van der Waals surface area contributed by atoms with E-state index < -0.39 is 12.2 Å². The van der Waals surface area contributed by atoms with Gasteiger partial charge in [0.05, 0.1) is 6.10 Å². The van der Waals surface area contributed by atoms with Crippen molar-refractivity contribution < 1.29 is 14.6 Å². The van der Waals surface area contributed by atoms with Crippen LogP contribution in [0.3, 0.4) is 0 Å². The van der Waals surface area contributed by atoms with Crippen molar-refractivity contribution >= 4 is 21.8 Å². The fourth-order valence-electron chi connectivity index (χ4n) is 2.57. The second-order valence-electron chi connectivity index (χ2n) is 5.50. The Morgan fingerprint density at radius 1 is 1.29 bits per heavy atom. The summed E-state index contributed by atoms with van der Waals surface area (Å²) < 4.78 is 6.68. The number of carbonyl (C=O) groups is 1. The fraction of sp³-hybridized carbons (Fsp3) is 0.562. The van der Waals surface area contributed by atoms with Crippen LogP contribution in [-0.2, 0) is 4.79 Å². The molecule has 116 valence electrons. The summed E-state index contributed by atoms with van der Waals surface area (Å²) in [4.78, 5) is 14.2. The lowest BCUT2D eigenvalue weighted by atomic mass is 10.1. The molecule has 0 spiro atoms. The molecule has 1 heterocycles. The molecule has 21 heavy (non-hydrogen) atoms. The van der Waals surface area contributed by atoms with Gasteiger partial charge in [0, 0.05) is 23.1 Å². The van der Waals surface area contributed by atoms with E-state index in [1.54, 1.807) is 19.9 Å². The summed E-state index contributed by atoms with van der Waals surface area (Å²) >= 11 is 3.38. The second-order valence-corrected chi connectivity index (χ2v) is 6.42. The average Bonchev–Trinajstić information content (AvgIpc) is 2.49. The molecule has 0 radical (unpaired) electrons. The van der Waals surface area contributed by atoms with Gasteiger partial charge in [0.25, 0.3) is 5.91 Å². The predicted octanol–water partition coefficient (Wildman–Crippen LogP) is 3.28. The van der Waals surface area contributed by atoms with Gasteiger partial charge in [-0.2, -0.15) is 0 Å². The minimum atomic E-state index is -0.644. The molecule has 2 atom stereocenters. The number of halogens is 1. The molecule has 4 nitrogen and oxygen atoms in total. The molecule has 1 saturated heterocycles. The smallest absolute Gasteiger partial charge is 0.263 e. The van der Waals surface area contributed by atoms with Crippen LogP contribution in [0.25, 0.3) is 0 Å². The first kappa shape index (κ1) is 16.3. The highest BCUT2D eigenvalue weighted by atomic mass is 79.9. The summed E-state index contributed by atoms with van der Waals surface area (Å²) in [6, 6.07) is 5.45. The summed E-state index contributed by atoms with van der Waals surface area (Å²) in [6.45, 7) is 5.09. The third-order valence-corrected chi connectivity index (χ3v) is 4.23. The molecule has 1 N–H and O–H groups in total. The minimum Gasteiger partial charge on any atom is -0.481 e. The number of amides is 1. The number of nitrogens with zero attached hydrogens (tertiary/aromatic N) is 1. The Kier molecular flexibility index (Phi) is 5.65. The highest BCUT2D eigenvalue weighted by molar-refractivity contribution is 9.10. The zero-order valence-corrected chi connectivity index (χ0v) is 14.1. The van der Waals surface area contributed by atoms with Crippen molar-refractivity contribution in [3.63, 3.8) is 0 Å². The lowest BCUT2D eigenvalue weighted by Crippen LogP contribution is -2.43. The van der Waals surface area contributed by atoms with Gasteiger partial charge in [-0.05, 0) is 51.3 Å². The van der Waals surface area contributed by atoms with E-state index in [0.717, 1.165) is 30.4 Å². The van der Waals surface area contributed by atoms with Crippen LogP contribution in [0.15, 0.2) is 22.7 Å². The molecule has 5 heteroatoms. The van der Waals surface area contributed by atoms with Gasteiger partial charge < -0.3 is 14.7 Å². The zero-order valence-electron chi connectivity index (χ0n) is 12.5. The standard InChI is InChI=1S/C16H22BrNO3/c1-11(19)14-10-13(17)6-7-15(14)21-12(2)16(20)18-8-4-3-5-9-18/h6-7,10-12,19H,3-5,8-9H2,1-2H3/t11-,12?/m1/s1. The van der Waals surface area contributed by atoms with Crippen LogP contribution in [0.1, 0.15) is 44.8 Å². The van der Waals surface area contributed by atoms with Gasteiger partial charge >= 0.3 is 0 Å². The lowest BCUT2D eigenvalue weighted by molar-refractivity contribution is -0.138. The van der Waals surface area contributed by atoms with E-state index in [1.807, 2.05) is 17.0 Å². The third kappa shape index (κ3) is 4.20. The summed E-state index contributed by atoms with van der Waals surface area (Å²) in [5.74, 6) is 0.584. The zero-order chi connectivity index (χ0) is 15.4. The maximum Gasteiger partial charge on any atom is 0.263 e. The number of hydrogen-bond donors (Lipinski definition) is 1. The lowest BCUT2D eigenvalue weighted by Gasteiger charge is -2.29. The van der Waals surface area contributed by atoms with Crippen LogP contribution in [0.4, 0.5) is 0 Å². The minimum absolute atomic E-state index is 0.0224. The first-order valence-electron chi connectivity index (χ1n) is 7.42. The number of benzene rings is 1.